The number of ether oxygens (including phenoxy) is 1. The van der Waals surface area contributed by atoms with Gasteiger partial charge in [-0.05, 0) is 50.7 Å². The highest BCUT2D eigenvalue weighted by atomic mass is 19.3. The number of halogens is 2. The zero-order chi connectivity index (χ0) is 20.3. The number of hydrogen-bond donors (Lipinski definition) is 1. The fourth-order valence-corrected chi connectivity index (χ4v) is 3.61. The molecule has 7 heteroatoms. The maximum absolute atomic E-state index is 13.1. The minimum atomic E-state index is -2.67. The largest absolute Gasteiger partial charge is 0.378 e. The standard InChI is InChI=1S/C21H29F2N3O2/c1-4-13(2)12-28-16-7-5-15(6-8-16)24-21(27)17-9-10-26-14(3)11-18(19(22)23)25-20(17)26/h9-11,13,15-16,19H,4-8,12H2,1-3H3,(H,24,27)/t13?,15-,16-. The van der Waals surface area contributed by atoms with Crippen molar-refractivity contribution in [1.82, 2.24) is 14.7 Å². The minimum Gasteiger partial charge on any atom is -0.378 e. The molecule has 1 aliphatic carbocycles. The first kappa shape index (κ1) is 20.7. The van der Waals surface area contributed by atoms with Gasteiger partial charge in [0.05, 0.1) is 11.7 Å². The Morgan fingerprint density at radius 2 is 2.07 bits per heavy atom. The number of carbonyl (C=O) groups excluding carboxylic acids is 1. The molecule has 1 saturated carbocycles. The molecule has 1 unspecified atom stereocenters. The van der Waals surface area contributed by atoms with Gasteiger partial charge in [0.25, 0.3) is 12.3 Å². The normalized spacial score (nSPS) is 21.2. The summed E-state index contributed by atoms with van der Waals surface area (Å²) in [5, 5.41) is 3.04. The van der Waals surface area contributed by atoms with Gasteiger partial charge in [-0.25, -0.2) is 13.8 Å². The molecule has 3 rings (SSSR count). The van der Waals surface area contributed by atoms with Crippen LogP contribution in [0, 0.1) is 12.8 Å². The first-order chi connectivity index (χ1) is 13.4. The molecule has 1 fully saturated rings. The van der Waals surface area contributed by atoms with Gasteiger partial charge in [-0.15, -0.1) is 0 Å². The highest BCUT2D eigenvalue weighted by Gasteiger charge is 2.25. The molecule has 0 bridgehead atoms. The number of alkyl halides is 2. The first-order valence-electron chi connectivity index (χ1n) is 10.1. The summed E-state index contributed by atoms with van der Waals surface area (Å²) in [7, 11) is 0. The number of rotatable bonds is 7. The van der Waals surface area contributed by atoms with Crippen LogP contribution in [0.25, 0.3) is 5.65 Å². The lowest BCUT2D eigenvalue weighted by Crippen LogP contribution is -2.39. The quantitative estimate of drug-likeness (QED) is 0.743. The predicted molar refractivity (Wildman–Crippen MR) is 104 cm³/mol. The van der Waals surface area contributed by atoms with Gasteiger partial charge in [-0.3, -0.25) is 4.79 Å². The topological polar surface area (TPSA) is 55.6 Å². The molecule has 0 aliphatic heterocycles. The predicted octanol–water partition coefficient (Wildman–Crippen LogP) is 4.68. The van der Waals surface area contributed by atoms with E-state index in [1.165, 1.54) is 6.07 Å². The van der Waals surface area contributed by atoms with Crippen LogP contribution in [0.4, 0.5) is 8.78 Å². The van der Waals surface area contributed by atoms with E-state index in [1.807, 2.05) is 0 Å². The zero-order valence-electron chi connectivity index (χ0n) is 16.8. The van der Waals surface area contributed by atoms with Crippen LogP contribution < -0.4 is 5.32 Å². The lowest BCUT2D eigenvalue weighted by Gasteiger charge is -2.29. The molecule has 1 N–H and O–H groups in total. The van der Waals surface area contributed by atoms with E-state index in [0.717, 1.165) is 38.7 Å². The fourth-order valence-electron chi connectivity index (χ4n) is 3.61. The Bertz CT molecular complexity index is 813. The summed E-state index contributed by atoms with van der Waals surface area (Å²) >= 11 is 0. The molecule has 5 nitrogen and oxygen atoms in total. The monoisotopic (exact) mass is 393 g/mol. The molecule has 1 atom stereocenters. The van der Waals surface area contributed by atoms with Crippen LogP contribution in [0.15, 0.2) is 18.3 Å². The number of hydrogen-bond acceptors (Lipinski definition) is 3. The number of aromatic nitrogens is 2. The van der Waals surface area contributed by atoms with Crippen LogP contribution in [-0.4, -0.2) is 34.0 Å². The van der Waals surface area contributed by atoms with E-state index in [2.05, 4.69) is 24.1 Å². The van der Waals surface area contributed by atoms with Crippen LogP contribution in [0.1, 0.15) is 74.1 Å². The maximum atomic E-state index is 13.1. The summed E-state index contributed by atoms with van der Waals surface area (Å²) in [5.41, 5.74) is 0.925. The molecule has 0 radical (unpaired) electrons. The highest BCUT2D eigenvalue weighted by Crippen LogP contribution is 2.24. The zero-order valence-corrected chi connectivity index (χ0v) is 16.8. The SMILES string of the molecule is CCC(C)CO[C@H]1CC[C@H](NC(=O)c2ccn3c(C)cc(C(F)F)nc23)CC1. The van der Waals surface area contributed by atoms with Gasteiger partial charge in [0.2, 0.25) is 0 Å². The fraction of sp³-hybridized carbons (Fsp3) is 0.619. The maximum Gasteiger partial charge on any atom is 0.280 e. The summed E-state index contributed by atoms with van der Waals surface area (Å²) in [4.78, 5) is 16.7. The van der Waals surface area contributed by atoms with E-state index in [0.29, 0.717) is 17.2 Å². The van der Waals surface area contributed by atoms with Crippen molar-refractivity contribution in [3.8, 4) is 0 Å². The molecule has 1 amide bonds. The second-order valence-corrected chi connectivity index (χ2v) is 7.84. The third-order valence-electron chi connectivity index (χ3n) is 5.62. The minimum absolute atomic E-state index is 0.0743. The second kappa shape index (κ2) is 8.99. The average Bonchev–Trinajstić information content (AvgIpc) is 3.11. The summed E-state index contributed by atoms with van der Waals surface area (Å²) in [6.45, 7) is 6.85. The van der Waals surface area contributed by atoms with Crippen LogP contribution in [0.3, 0.4) is 0 Å². The van der Waals surface area contributed by atoms with Crippen molar-refractivity contribution in [3.63, 3.8) is 0 Å². The van der Waals surface area contributed by atoms with Crippen molar-refractivity contribution >= 4 is 11.6 Å². The summed E-state index contributed by atoms with van der Waals surface area (Å²) in [6.07, 6.45) is 3.96. The summed E-state index contributed by atoms with van der Waals surface area (Å²) in [5.74, 6) is 0.305. The number of fused-ring (bicyclic) bond motifs is 1. The Kier molecular flexibility index (Phi) is 6.65. The highest BCUT2D eigenvalue weighted by molar-refractivity contribution is 6.00. The van der Waals surface area contributed by atoms with Gasteiger partial charge in [-0.1, -0.05) is 20.3 Å². The van der Waals surface area contributed by atoms with Crippen molar-refractivity contribution in [1.29, 1.82) is 0 Å². The molecule has 2 aromatic heterocycles. The lowest BCUT2D eigenvalue weighted by molar-refractivity contribution is 0.00537. The van der Waals surface area contributed by atoms with Crippen LogP contribution >= 0.6 is 0 Å². The lowest BCUT2D eigenvalue weighted by atomic mass is 9.92. The first-order valence-corrected chi connectivity index (χ1v) is 10.1. The third-order valence-corrected chi connectivity index (χ3v) is 5.62. The smallest absolute Gasteiger partial charge is 0.280 e. The van der Waals surface area contributed by atoms with E-state index >= 15 is 0 Å². The van der Waals surface area contributed by atoms with Gasteiger partial charge >= 0.3 is 0 Å². The number of aryl methyl sites for hydroxylation is 1. The molecule has 2 heterocycles. The molecular formula is C21H29F2N3O2. The van der Waals surface area contributed by atoms with Crippen molar-refractivity contribution in [2.45, 2.75) is 71.4 Å². The van der Waals surface area contributed by atoms with E-state index in [4.69, 9.17) is 4.74 Å². The Morgan fingerprint density at radius 3 is 2.71 bits per heavy atom. The van der Waals surface area contributed by atoms with Crippen LogP contribution in [0.5, 0.6) is 0 Å². The Balaban J connectivity index is 1.61. The van der Waals surface area contributed by atoms with Gasteiger partial charge < -0.3 is 14.5 Å². The molecule has 1 aliphatic rings. The number of nitrogens with one attached hydrogen (secondary N) is 1. The summed E-state index contributed by atoms with van der Waals surface area (Å²) < 4.78 is 33.8. The van der Waals surface area contributed by atoms with Gasteiger partial charge in [0, 0.05) is 24.5 Å². The summed E-state index contributed by atoms with van der Waals surface area (Å²) in [6, 6.07) is 3.06. The van der Waals surface area contributed by atoms with Crippen LogP contribution in [0.2, 0.25) is 0 Å². The molecule has 0 spiro atoms. The molecule has 28 heavy (non-hydrogen) atoms. The van der Waals surface area contributed by atoms with E-state index in [1.54, 1.807) is 23.6 Å². The Hall–Kier alpha value is -2.02. The van der Waals surface area contributed by atoms with E-state index < -0.39 is 6.43 Å². The van der Waals surface area contributed by atoms with Crippen molar-refractivity contribution < 1.29 is 18.3 Å². The van der Waals surface area contributed by atoms with Gasteiger partial charge in [0.15, 0.2) is 0 Å². The number of amides is 1. The van der Waals surface area contributed by atoms with Gasteiger partial charge in [-0.2, -0.15) is 0 Å². The third kappa shape index (κ3) is 4.69. The van der Waals surface area contributed by atoms with E-state index in [-0.39, 0.29) is 29.4 Å². The van der Waals surface area contributed by atoms with Gasteiger partial charge in [0.1, 0.15) is 11.3 Å². The second-order valence-electron chi connectivity index (χ2n) is 7.84. The average molecular weight is 393 g/mol. The number of nitrogens with zero attached hydrogens (tertiary/aromatic N) is 2. The Morgan fingerprint density at radius 1 is 1.36 bits per heavy atom. The molecule has 0 aromatic carbocycles. The van der Waals surface area contributed by atoms with Crippen LogP contribution in [-0.2, 0) is 4.74 Å². The molecule has 2 aromatic rings. The van der Waals surface area contributed by atoms with Crippen molar-refractivity contribution in [2.75, 3.05) is 6.61 Å². The Labute approximate surface area is 164 Å². The van der Waals surface area contributed by atoms with Crippen molar-refractivity contribution in [2.24, 2.45) is 5.92 Å². The van der Waals surface area contributed by atoms with E-state index in [9.17, 15) is 13.6 Å². The molecule has 154 valence electrons. The van der Waals surface area contributed by atoms with Crippen molar-refractivity contribution in [3.05, 3.63) is 35.3 Å². The number of carbonyl (C=O) groups is 1. The molecular weight excluding hydrogens is 364 g/mol. The molecule has 0 saturated heterocycles.